The van der Waals surface area contributed by atoms with Gasteiger partial charge in [-0.2, -0.15) is 10.2 Å². The molecule has 0 fully saturated rings. The molecule has 0 saturated heterocycles. The molecule has 0 spiro atoms. The second-order valence-electron chi connectivity index (χ2n) is 7.11. The van der Waals surface area contributed by atoms with Gasteiger partial charge in [-0.05, 0) is 47.5 Å². The smallest absolute Gasteiger partial charge is 0.138 e. The van der Waals surface area contributed by atoms with E-state index in [0.29, 0.717) is 0 Å². The average molecular weight is 392 g/mol. The Labute approximate surface area is 170 Å². The highest BCUT2D eigenvalue weighted by Gasteiger charge is 2.16. The van der Waals surface area contributed by atoms with Crippen LogP contribution in [0.1, 0.15) is 0 Å². The molecule has 0 aliphatic rings. The number of rotatable bonds is 3. The van der Waals surface area contributed by atoms with Crippen molar-refractivity contribution < 1.29 is 0 Å². The largest absolute Gasteiger partial charge is 0.338 e. The average Bonchev–Trinajstić information content (AvgIpc) is 3.50. The highest BCUT2D eigenvalue weighted by Crippen LogP contribution is 2.33. The molecule has 6 heterocycles. The number of aromatic amines is 2. The number of nitrogens with zero attached hydrogens (tertiary/aromatic N) is 6. The van der Waals surface area contributed by atoms with Gasteiger partial charge in [0.2, 0.25) is 0 Å². The van der Waals surface area contributed by atoms with Crippen LogP contribution < -0.4 is 0 Å². The summed E-state index contributed by atoms with van der Waals surface area (Å²) in [5.41, 5.74) is 8.09. The number of fused-ring (bicyclic) bond motifs is 2. The van der Waals surface area contributed by atoms with E-state index in [1.165, 1.54) is 0 Å². The van der Waals surface area contributed by atoms with Gasteiger partial charge in [-0.1, -0.05) is 0 Å². The topological polar surface area (TPSA) is 101 Å². The van der Waals surface area contributed by atoms with Crippen molar-refractivity contribution in [2.45, 2.75) is 0 Å². The molecule has 6 rings (SSSR count). The first-order chi connectivity index (χ1) is 14.8. The zero-order valence-corrected chi connectivity index (χ0v) is 16.0. The Morgan fingerprint density at radius 3 is 2.70 bits per heavy atom. The molecule has 8 heteroatoms. The Kier molecular flexibility index (Phi) is 3.51. The summed E-state index contributed by atoms with van der Waals surface area (Å²) in [4.78, 5) is 16.9. The fourth-order valence-electron chi connectivity index (χ4n) is 3.74. The van der Waals surface area contributed by atoms with Crippen LogP contribution in [0.5, 0.6) is 0 Å². The molecule has 30 heavy (non-hydrogen) atoms. The summed E-state index contributed by atoms with van der Waals surface area (Å²) in [5.74, 6) is 0. The normalized spacial score (nSPS) is 11.5. The van der Waals surface area contributed by atoms with Crippen LogP contribution in [0.15, 0.2) is 67.4 Å². The van der Waals surface area contributed by atoms with Crippen LogP contribution in [0, 0.1) is 0 Å². The summed E-state index contributed by atoms with van der Waals surface area (Å²) < 4.78 is 1.77. The van der Waals surface area contributed by atoms with Gasteiger partial charge >= 0.3 is 0 Å². The minimum absolute atomic E-state index is 0.759. The minimum atomic E-state index is 0.759. The van der Waals surface area contributed by atoms with Gasteiger partial charge in [0.25, 0.3) is 0 Å². The number of nitrogens with one attached hydrogen (secondary N) is 2. The van der Waals surface area contributed by atoms with Gasteiger partial charge in [-0.25, -0.2) is 9.97 Å². The van der Waals surface area contributed by atoms with E-state index in [-0.39, 0.29) is 0 Å². The highest BCUT2D eigenvalue weighted by molar-refractivity contribution is 5.98. The molecule has 6 aromatic heterocycles. The van der Waals surface area contributed by atoms with Gasteiger partial charge in [0.15, 0.2) is 0 Å². The lowest BCUT2D eigenvalue weighted by molar-refractivity contribution is 0.768. The summed E-state index contributed by atoms with van der Waals surface area (Å²) in [6, 6.07) is 12.0. The van der Waals surface area contributed by atoms with E-state index < -0.39 is 0 Å². The lowest BCUT2D eigenvalue weighted by atomic mass is 10.1. The van der Waals surface area contributed by atoms with Gasteiger partial charge < -0.3 is 4.98 Å². The first-order valence-corrected chi connectivity index (χ1v) is 9.49. The zero-order valence-electron chi connectivity index (χ0n) is 16.0. The Bertz CT molecular complexity index is 1510. The van der Waals surface area contributed by atoms with Crippen LogP contribution in [0.25, 0.3) is 55.8 Å². The van der Waals surface area contributed by atoms with E-state index in [1.54, 1.807) is 23.3 Å². The van der Waals surface area contributed by atoms with Crippen molar-refractivity contribution in [2.24, 2.45) is 7.05 Å². The van der Waals surface area contributed by atoms with Crippen LogP contribution >= 0.6 is 0 Å². The maximum atomic E-state index is 4.85. The maximum absolute atomic E-state index is 4.85. The summed E-state index contributed by atoms with van der Waals surface area (Å²) in [5, 5.41) is 12.9. The van der Waals surface area contributed by atoms with Crippen molar-refractivity contribution >= 4 is 22.1 Å². The molecular formula is C22H16N8. The van der Waals surface area contributed by atoms with Crippen LogP contribution in [0.4, 0.5) is 0 Å². The third-order valence-electron chi connectivity index (χ3n) is 5.19. The second-order valence-corrected chi connectivity index (χ2v) is 7.11. The molecule has 0 atom stereocenters. The Balaban J connectivity index is 1.52. The lowest BCUT2D eigenvalue weighted by Crippen LogP contribution is -1.86. The predicted molar refractivity (Wildman–Crippen MR) is 114 cm³/mol. The molecule has 144 valence electrons. The molecule has 6 aromatic rings. The van der Waals surface area contributed by atoms with Gasteiger partial charge in [0.1, 0.15) is 16.9 Å². The number of pyridine rings is 3. The van der Waals surface area contributed by atoms with E-state index in [4.69, 9.17) is 4.98 Å². The van der Waals surface area contributed by atoms with Gasteiger partial charge in [-0.15, -0.1) is 0 Å². The monoisotopic (exact) mass is 392 g/mol. The quantitative estimate of drug-likeness (QED) is 0.475. The van der Waals surface area contributed by atoms with Crippen molar-refractivity contribution in [3.8, 4) is 33.8 Å². The molecule has 0 aromatic carbocycles. The molecule has 2 N–H and O–H groups in total. The van der Waals surface area contributed by atoms with Crippen LogP contribution in [-0.2, 0) is 7.05 Å². The van der Waals surface area contributed by atoms with Gasteiger partial charge in [-0.3, -0.25) is 14.8 Å². The van der Waals surface area contributed by atoms with Crippen molar-refractivity contribution in [2.75, 3.05) is 0 Å². The predicted octanol–water partition coefficient (Wildman–Crippen LogP) is 3.96. The Morgan fingerprint density at radius 1 is 0.967 bits per heavy atom. The standard InChI is InChI=1S/C22H16N8/c1-30-12-14(11-25-30)17-2-3-18-20(26-17)21(29-28-18)19-10-16-15(6-9-24-22(16)27-19)13-4-7-23-8-5-13/h2-12H,1H3,(H,24,27)(H,28,29). The second kappa shape index (κ2) is 6.35. The molecule has 0 bridgehead atoms. The zero-order chi connectivity index (χ0) is 20.1. The SMILES string of the molecule is Cn1cc(-c2ccc3[nH]nc(-c4cc5c(-c6ccncc6)ccnc5[nH]4)c3n2)cn1. The van der Waals surface area contributed by atoms with Crippen LogP contribution in [-0.4, -0.2) is 39.9 Å². The molecule has 8 nitrogen and oxygen atoms in total. The first kappa shape index (κ1) is 16.6. The van der Waals surface area contributed by atoms with E-state index in [0.717, 1.165) is 55.8 Å². The Hall–Kier alpha value is -4.33. The lowest BCUT2D eigenvalue weighted by Gasteiger charge is -2.01. The highest BCUT2D eigenvalue weighted by atomic mass is 15.2. The third kappa shape index (κ3) is 2.58. The molecular weight excluding hydrogens is 376 g/mol. The molecule has 0 radical (unpaired) electrons. The van der Waals surface area contributed by atoms with E-state index >= 15 is 0 Å². The number of aromatic nitrogens is 8. The fourth-order valence-corrected chi connectivity index (χ4v) is 3.74. The van der Waals surface area contributed by atoms with Gasteiger partial charge in [0.05, 0.1) is 23.1 Å². The molecule has 0 aliphatic heterocycles. The molecule has 0 amide bonds. The first-order valence-electron chi connectivity index (χ1n) is 9.49. The van der Waals surface area contributed by atoms with Crippen LogP contribution in [0.2, 0.25) is 0 Å². The number of hydrogen-bond acceptors (Lipinski definition) is 5. The third-order valence-corrected chi connectivity index (χ3v) is 5.19. The Morgan fingerprint density at radius 2 is 1.87 bits per heavy atom. The summed E-state index contributed by atoms with van der Waals surface area (Å²) in [6.07, 6.45) is 9.14. The molecule has 0 unspecified atom stereocenters. The van der Waals surface area contributed by atoms with Gasteiger partial charge in [0, 0.05) is 42.8 Å². The van der Waals surface area contributed by atoms with Crippen molar-refractivity contribution in [3.05, 3.63) is 67.4 Å². The van der Waals surface area contributed by atoms with Crippen molar-refractivity contribution in [1.82, 2.24) is 39.9 Å². The molecule has 0 saturated carbocycles. The summed E-state index contributed by atoms with van der Waals surface area (Å²) >= 11 is 0. The number of hydrogen-bond donors (Lipinski definition) is 2. The van der Waals surface area contributed by atoms with E-state index in [2.05, 4.69) is 36.3 Å². The van der Waals surface area contributed by atoms with Crippen LogP contribution in [0.3, 0.4) is 0 Å². The summed E-state index contributed by atoms with van der Waals surface area (Å²) in [6.45, 7) is 0. The van der Waals surface area contributed by atoms with Crippen molar-refractivity contribution in [1.29, 1.82) is 0 Å². The van der Waals surface area contributed by atoms with Crippen molar-refractivity contribution in [3.63, 3.8) is 0 Å². The number of aryl methyl sites for hydroxylation is 1. The van der Waals surface area contributed by atoms with E-state index in [9.17, 15) is 0 Å². The summed E-state index contributed by atoms with van der Waals surface area (Å²) in [7, 11) is 1.89. The minimum Gasteiger partial charge on any atom is -0.338 e. The number of H-pyrrole nitrogens is 2. The van der Waals surface area contributed by atoms with E-state index in [1.807, 2.05) is 49.8 Å². The molecule has 0 aliphatic carbocycles. The fraction of sp³-hybridized carbons (Fsp3) is 0.0455. The maximum Gasteiger partial charge on any atom is 0.138 e.